The molecule has 0 atom stereocenters. The lowest BCUT2D eigenvalue weighted by atomic mass is 10.2. The van der Waals surface area contributed by atoms with Gasteiger partial charge >= 0.3 is 0 Å². The minimum Gasteiger partial charge on any atom is -0.444 e. The van der Waals surface area contributed by atoms with E-state index in [0.29, 0.717) is 16.0 Å². The molecule has 0 fully saturated rings. The molecule has 0 bridgehead atoms. The Morgan fingerprint density at radius 2 is 1.80 bits per heavy atom. The van der Waals surface area contributed by atoms with Gasteiger partial charge in [-0.2, -0.15) is 0 Å². The molecule has 0 aliphatic rings. The first-order chi connectivity index (χ1) is 9.45. The number of hydrogen-bond donors (Lipinski definition) is 2. The smallest absolute Gasteiger partial charge is 0.291 e. The Morgan fingerprint density at radius 3 is 2.40 bits per heavy atom. The molecule has 5 nitrogen and oxygen atoms in total. The zero-order valence-corrected chi connectivity index (χ0v) is 13.5. The van der Waals surface area contributed by atoms with Crippen molar-refractivity contribution < 1.29 is 14.0 Å². The van der Waals surface area contributed by atoms with Crippen LogP contribution in [0.1, 0.15) is 17.5 Å². The maximum Gasteiger partial charge on any atom is 0.291 e. The third-order valence-corrected chi connectivity index (χ3v) is 3.26. The summed E-state index contributed by atoms with van der Waals surface area (Å²) in [7, 11) is 0. The van der Waals surface area contributed by atoms with Crippen LogP contribution in [0.5, 0.6) is 0 Å². The number of nitrogens with one attached hydrogen (secondary N) is 2. The summed E-state index contributed by atoms with van der Waals surface area (Å²) in [6, 6.07) is 8.34. The van der Waals surface area contributed by atoms with Gasteiger partial charge in [0.1, 0.15) is 0 Å². The largest absolute Gasteiger partial charge is 0.444 e. The second-order valence-corrected chi connectivity index (χ2v) is 5.63. The van der Waals surface area contributed by atoms with Crippen molar-refractivity contribution in [3.63, 3.8) is 0 Å². The summed E-state index contributed by atoms with van der Waals surface area (Å²) >= 11 is 6.45. The molecule has 1 heterocycles. The molecule has 7 heteroatoms. The number of rotatable bonds is 3. The van der Waals surface area contributed by atoms with E-state index in [0.717, 1.165) is 4.47 Å². The van der Waals surface area contributed by atoms with E-state index in [2.05, 4.69) is 42.5 Å². The van der Waals surface area contributed by atoms with Crippen molar-refractivity contribution in [1.29, 1.82) is 0 Å². The molecular weight excluding hydrogens is 392 g/mol. The van der Waals surface area contributed by atoms with Crippen LogP contribution in [0.2, 0.25) is 0 Å². The first kappa shape index (κ1) is 14.8. The summed E-state index contributed by atoms with van der Waals surface area (Å²) in [6.45, 7) is 1.40. The molecule has 0 saturated carbocycles. The van der Waals surface area contributed by atoms with Crippen molar-refractivity contribution in [2.24, 2.45) is 0 Å². The predicted octanol–water partition coefficient (Wildman–Crippen LogP) is 4.02. The Hall–Kier alpha value is -1.60. The molecule has 2 amide bonds. The second-order valence-electron chi connectivity index (χ2n) is 3.93. The van der Waals surface area contributed by atoms with Crippen LogP contribution in [-0.4, -0.2) is 11.8 Å². The molecule has 2 rings (SSSR count). The van der Waals surface area contributed by atoms with Crippen LogP contribution < -0.4 is 10.6 Å². The number of hydrogen-bond acceptors (Lipinski definition) is 3. The Bertz CT molecular complexity index is 667. The molecule has 20 heavy (non-hydrogen) atoms. The average molecular weight is 402 g/mol. The Labute approximate surface area is 132 Å². The first-order valence-electron chi connectivity index (χ1n) is 5.59. The van der Waals surface area contributed by atoms with Crippen molar-refractivity contribution in [2.45, 2.75) is 6.92 Å². The van der Waals surface area contributed by atoms with Crippen molar-refractivity contribution in [3.05, 3.63) is 45.2 Å². The van der Waals surface area contributed by atoms with E-state index in [1.54, 1.807) is 30.3 Å². The Morgan fingerprint density at radius 1 is 1.05 bits per heavy atom. The molecular formula is C13H10Br2N2O3. The van der Waals surface area contributed by atoms with E-state index in [1.807, 2.05) is 0 Å². The standard InChI is InChI=1S/C13H10Br2N2O3/c1-7(18)16-9-3-2-8(14)6-10(9)17-13(19)11-4-5-12(15)20-11/h2-6H,1H3,(H,16,18)(H,17,19). The fraction of sp³-hybridized carbons (Fsp3) is 0.0769. The van der Waals surface area contributed by atoms with Crippen LogP contribution in [0.25, 0.3) is 0 Å². The minimum absolute atomic E-state index is 0.172. The summed E-state index contributed by atoms with van der Waals surface area (Å²) in [5, 5.41) is 5.34. The van der Waals surface area contributed by atoms with E-state index >= 15 is 0 Å². The highest BCUT2D eigenvalue weighted by Gasteiger charge is 2.13. The van der Waals surface area contributed by atoms with Crippen LogP contribution in [-0.2, 0) is 4.79 Å². The number of furan rings is 1. The third-order valence-electron chi connectivity index (χ3n) is 2.34. The van der Waals surface area contributed by atoms with Gasteiger partial charge in [-0.3, -0.25) is 9.59 Å². The van der Waals surface area contributed by atoms with Gasteiger partial charge in [-0.25, -0.2) is 0 Å². The predicted molar refractivity (Wildman–Crippen MR) is 82.8 cm³/mol. The van der Waals surface area contributed by atoms with Gasteiger partial charge in [0.05, 0.1) is 11.4 Å². The van der Waals surface area contributed by atoms with E-state index in [9.17, 15) is 9.59 Å². The lowest BCUT2D eigenvalue weighted by molar-refractivity contribution is -0.114. The molecule has 2 N–H and O–H groups in total. The van der Waals surface area contributed by atoms with Crippen molar-refractivity contribution in [2.75, 3.05) is 10.6 Å². The van der Waals surface area contributed by atoms with Gasteiger partial charge in [0.25, 0.3) is 5.91 Å². The van der Waals surface area contributed by atoms with E-state index in [-0.39, 0.29) is 11.7 Å². The minimum atomic E-state index is -0.402. The highest BCUT2D eigenvalue weighted by molar-refractivity contribution is 9.10. The number of benzene rings is 1. The highest BCUT2D eigenvalue weighted by Crippen LogP contribution is 2.27. The van der Waals surface area contributed by atoms with Gasteiger partial charge in [0.15, 0.2) is 10.4 Å². The molecule has 1 aromatic carbocycles. The normalized spacial score (nSPS) is 10.2. The lowest BCUT2D eigenvalue weighted by Gasteiger charge is -2.11. The van der Waals surface area contributed by atoms with E-state index in [4.69, 9.17) is 4.42 Å². The van der Waals surface area contributed by atoms with Gasteiger partial charge in [0.2, 0.25) is 5.91 Å². The van der Waals surface area contributed by atoms with Crippen LogP contribution in [0.15, 0.2) is 43.9 Å². The number of amides is 2. The SMILES string of the molecule is CC(=O)Nc1ccc(Br)cc1NC(=O)c1ccc(Br)o1. The van der Waals surface area contributed by atoms with Crippen molar-refractivity contribution in [1.82, 2.24) is 0 Å². The number of carbonyl (C=O) groups is 2. The Kier molecular flexibility index (Phi) is 4.61. The van der Waals surface area contributed by atoms with E-state index in [1.165, 1.54) is 6.92 Å². The topological polar surface area (TPSA) is 71.3 Å². The second kappa shape index (κ2) is 6.23. The van der Waals surface area contributed by atoms with E-state index < -0.39 is 5.91 Å². The van der Waals surface area contributed by atoms with Crippen LogP contribution >= 0.6 is 31.9 Å². The van der Waals surface area contributed by atoms with Crippen molar-refractivity contribution >= 4 is 55.0 Å². The maximum atomic E-state index is 12.0. The molecule has 1 aromatic heterocycles. The molecule has 0 aliphatic carbocycles. The fourth-order valence-corrected chi connectivity index (χ4v) is 2.21. The summed E-state index contributed by atoms with van der Waals surface area (Å²) in [5.74, 6) is -0.449. The van der Waals surface area contributed by atoms with Gasteiger partial charge in [-0.05, 0) is 46.3 Å². The van der Waals surface area contributed by atoms with Gasteiger partial charge in [0, 0.05) is 11.4 Å². The Balaban J connectivity index is 2.25. The maximum absolute atomic E-state index is 12.0. The van der Waals surface area contributed by atoms with Gasteiger partial charge < -0.3 is 15.1 Å². The summed E-state index contributed by atoms with van der Waals surface area (Å²) in [4.78, 5) is 23.2. The van der Waals surface area contributed by atoms with Gasteiger partial charge in [-0.15, -0.1) is 0 Å². The highest BCUT2D eigenvalue weighted by atomic mass is 79.9. The number of carbonyl (C=O) groups excluding carboxylic acids is 2. The van der Waals surface area contributed by atoms with Crippen LogP contribution in [0, 0.1) is 0 Å². The molecule has 0 radical (unpaired) electrons. The molecule has 0 spiro atoms. The third kappa shape index (κ3) is 3.71. The molecule has 0 saturated heterocycles. The number of anilines is 2. The number of halogens is 2. The van der Waals surface area contributed by atoms with Crippen LogP contribution in [0.3, 0.4) is 0 Å². The first-order valence-corrected chi connectivity index (χ1v) is 7.18. The quantitative estimate of drug-likeness (QED) is 0.815. The lowest BCUT2D eigenvalue weighted by Crippen LogP contribution is -2.14. The van der Waals surface area contributed by atoms with Crippen LogP contribution in [0.4, 0.5) is 11.4 Å². The van der Waals surface area contributed by atoms with Crippen molar-refractivity contribution in [3.8, 4) is 0 Å². The monoisotopic (exact) mass is 400 g/mol. The summed E-state index contributed by atoms with van der Waals surface area (Å²) < 4.78 is 6.43. The zero-order chi connectivity index (χ0) is 14.7. The molecule has 0 unspecified atom stereocenters. The van der Waals surface area contributed by atoms with Gasteiger partial charge in [-0.1, -0.05) is 15.9 Å². The fourth-order valence-electron chi connectivity index (χ4n) is 1.54. The summed E-state index contributed by atoms with van der Waals surface area (Å²) in [5.41, 5.74) is 0.992. The average Bonchev–Trinajstić information content (AvgIpc) is 2.79. The molecule has 104 valence electrons. The molecule has 0 aliphatic heterocycles. The molecule has 2 aromatic rings. The summed E-state index contributed by atoms with van der Waals surface area (Å²) in [6.07, 6.45) is 0. The zero-order valence-electron chi connectivity index (χ0n) is 10.4.